The number of hydrogen-bond acceptors (Lipinski definition) is 7. The SMILES string of the molecule is NC(=O)c1cc(Cc2nc(N)nc(-c3cccc(N4CCc5cc(C6CC6)cc(F)c5C4=O)c3CO)n2)c[nH]1. The molecule has 0 atom stereocenters. The molecule has 198 valence electrons. The first-order valence-electron chi connectivity index (χ1n) is 12.7. The summed E-state index contributed by atoms with van der Waals surface area (Å²) in [5, 5.41) is 10.4. The Morgan fingerprint density at radius 1 is 1.18 bits per heavy atom. The quantitative estimate of drug-likeness (QED) is 0.287. The van der Waals surface area contributed by atoms with Crippen LogP contribution in [0.1, 0.15) is 67.7 Å². The molecule has 2 amide bonds. The molecule has 0 unspecified atom stereocenters. The number of nitrogens with zero attached hydrogens (tertiary/aromatic N) is 4. The largest absolute Gasteiger partial charge is 0.392 e. The van der Waals surface area contributed by atoms with Crippen molar-refractivity contribution in [3.63, 3.8) is 0 Å². The zero-order valence-corrected chi connectivity index (χ0v) is 20.9. The molecule has 1 saturated carbocycles. The van der Waals surface area contributed by atoms with Crippen LogP contribution in [-0.2, 0) is 19.4 Å². The van der Waals surface area contributed by atoms with Gasteiger partial charge in [-0.1, -0.05) is 18.2 Å². The summed E-state index contributed by atoms with van der Waals surface area (Å²) in [6.45, 7) is -0.0674. The van der Waals surface area contributed by atoms with Gasteiger partial charge in [0.2, 0.25) is 5.95 Å². The molecule has 6 rings (SSSR count). The van der Waals surface area contributed by atoms with Gasteiger partial charge in [-0.25, -0.2) is 9.37 Å². The first kappa shape index (κ1) is 24.7. The third-order valence-electron chi connectivity index (χ3n) is 7.22. The topological polar surface area (TPSA) is 164 Å². The predicted octanol–water partition coefficient (Wildman–Crippen LogP) is 2.85. The lowest BCUT2D eigenvalue weighted by Gasteiger charge is -2.31. The number of nitrogen functional groups attached to an aromatic ring is 1. The number of H-pyrrole nitrogens is 1. The van der Waals surface area contributed by atoms with Crippen LogP contribution in [0.2, 0.25) is 0 Å². The molecule has 11 heteroatoms. The second-order valence-electron chi connectivity index (χ2n) is 9.88. The fraction of sp³-hybridized carbons (Fsp3) is 0.250. The summed E-state index contributed by atoms with van der Waals surface area (Å²) >= 11 is 0. The molecule has 2 aliphatic rings. The van der Waals surface area contributed by atoms with Gasteiger partial charge < -0.3 is 26.5 Å². The van der Waals surface area contributed by atoms with Gasteiger partial charge in [0.25, 0.3) is 11.8 Å². The highest BCUT2D eigenvalue weighted by Gasteiger charge is 2.33. The summed E-state index contributed by atoms with van der Waals surface area (Å²) in [5.41, 5.74) is 15.4. The number of fused-ring (bicyclic) bond motifs is 1. The summed E-state index contributed by atoms with van der Waals surface area (Å²) in [6.07, 6.45) is 4.48. The van der Waals surface area contributed by atoms with Crippen LogP contribution in [0.3, 0.4) is 0 Å². The van der Waals surface area contributed by atoms with E-state index in [-0.39, 0.29) is 29.5 Å². The Balaban J connectivity index is 1.35. The van der Waals surface area contributed by atoms with E-state index in [1.807, 2.05) is 6.07 Å². The molecule has 3 heterocycles. The Morgan fingerprint density at radius 2 is 2.00 bits per heavy atom. The lowest BCUT2D eigenvalue weighted by molar-refractivity contribution is 0.0973. The number of carbonyl (C=O) groups is 2. The van der Waals surface area contributed by atoms with Crippen LogP contribution in [-0.4, -0.2) is 43.4 Å². The molecule has 1 aliphatic carbocycles. The van der Waals surface area contributed by atoms with Crippen molar-refractivity contribution in [2.24, 2.45) is 5.73 Å². The maximum Gasteiger partial charge on any atom is 0.265 e. The number of nitrogens with two attached hydrogens (primary N) is 2. The van der Waals surface area contributed by atoms with Gasteiger partial charge in [0.05, 0.1) is 17.9 Å². The molecule has 2 aromatic carbocycles. The smallest absolute Gasteiger partial charge is 0.265 e. The maximum absolute atomic E-state index is 15.1. The second kappa shape index (κ2) is 9.59. The lowest BCUT2D eigenvalue weighted by atomic mass is 9.93. The highest BCUT2D eigenvalue weighted by Crippen LogP contribution is 2.42. The average Bonchev–Trinajstić information content (AvgIpc) is 3.66. The van der Waals surface area contributed by atoms with E-state index in [2.05, 4.69) is 19.9 Å². The molecule has 1 fully saturated rings. The number of anilines is 2. The van der Waals surface area contributed by atoms with E-state index in [4.69, 9.17) is 11.5 Å². The average molecular weight is 528 g/mol. The minimum atomic E-state index is -0.584. The number of aromatic nitrogens is 4. The molecule has 4 aromatic rings. The molecule has 0 saturated heterocycles. The third-order valence-corrected chi connectivity index (χ3v) is 7.22. The summed E-state index contributed by atoms with van der Waals surface area (Å²) in [4.78, 5) is 42.2. The number of rotatable bonds is 7. The molecule has 0 spiro atoms. The van der Waals surface area contributed by atoms with Gasteiger partial charge in [-0.2, -0.15) is 9.97 Å². The lowest BCUT2D eigenvalue weighted by Crippen LogP contribution is -2.39. The minimum Gasteiger partial charge on any atom is -0.392 e. The number of primary amides is 1. The van der Waals surface area contributed by atoms with Crippen LogP contribution in [0.5, 0.6) is 0 Å². The molecule has 10 nitrogen and oxygen atoms in total. The van der Waals surface area contributed by atoms with Crippen LogP contribution in [0.25, 0.3) is 11.4 Å². The van der Waals surface area contributed by atoms with Gasteiger partial charge in [0.15, 0.2) is 5.82 Å². The first-order valence-corrected chi connectivity index (χ1v) is 12.7. The highest BCUT2D eigenvalue weighted by molar-refractivity contribution is 6.09. The van der Waals surface area contributed by atoms with Crippen molar-refractivity contribution in [2.75, 3.05) is 17.2 Å². The van der Waals surface area contributed by atoms with Crippen LogP contribution in [0.15, 0.2) is 42.6 Å². The van der Waals surface area contributed by atoms with E-state index in [0.29, 0.717) is 41.5 Å². The Kier molecular flexibility index (Phi) is 6.07. The van der Waals surface area contributed by atoms with Gasteiger partial charge in [-0.05, 0) is 60.1 Å². The predicted molar refractivity (Wildman–Crippen MR) is 141 cm³/mol. The Hall–Kier alpha value is -4.64. The highest BCUT2D eigenvalue weighted by atomic mass is 19.1. The maximum atomic E-state index is 15.1. The summed E-state index contributed by atoms with van der Waals surface area (Å²) in [6, 6.07) is 10.2. The van der Waals surface area contributed by atoms with E-state index < -0.39 is 24.2 Å². The molecule has 6 N–H and O–H groups in total. The number of aliphatic hydroxyl groups excluding tert-OH is 1. The number of amides is 2. The van der Waals surface area contributed by atoms with Crippen LogP contribution in [0, 0.1) is 5.82 Å². The number of aliphatic hydroxyl groups is 1. The van der Waals surface area contributed by atoms with Gasteiger partial charge in [0.1, 0.15) is 17.3 Å². The van der Waals surface area contributed by atoms with Crippen LogP contribution >= 0.6 is 0 Å². The number of benzene rings is 2. The van der Waals surface area contributed by atoms with E-state index in [0.717, 1.165) is 29.5 Å². The van der Waals surface area contributed by atoms with Crippen molar-refractivity contribution < 1.29 is 19.1 Å². The van der Waals surface area contributed by atoms with Crippen molar-refractivity contribution >= 4 is 23.5 Å². The molecule has 1 aliphatic heterocycles. The van der Waals surface area contributed by atoms with Crippen molar-refractivity contribution in [1.29, 1.82) is 0 Å². The zero-order chi connectivity index (χ0) is 27.3. The summed E-state index contributed by atoms with van der Waals surface area (Å²) in [7, 11) is 0. The third kappa shape index (κ3) is 4.61. The molecular formula is C28H26FN7O3. The molecule has 0 radical (unpaired) electrons. The number of carbonyl (C=O) groups excluding carboxylic acids is 2. The Labute approximate surface area is 222 Å². The van der Waals surface area contributed by atoms with E-state index in [9.17, 15) is 14.7 Å². The van der Waals surface area contributed by atoms with Gasteiger partial charge >= 0.3 is 0 Å². The van der Waals surface area contributed by atoms with Gasteiger partial charge in [-0.3, -0.25) is 9.59 Å². The molecule has 39 heavy (non-hydrogen) atoms. The standard InChI is InChI=1S/C28H26FN7O3/c29-20-11-17(15-4-5-15)10-16-6-7-36(27(39)24(16)20)22-3-1-2-18(19(22)13-37)26-33-23(34-28(31)35-26)9-14-8-21(25(30)38)32-12-14/h1-3,8,10-12,15,32,37H,4-7,9,13H2,(H2,30,38)(H2,31,33,34,35). The van der Waals surface area contributed by atoms with Crippen molar-refractivity contribution in [3.8, 4) is 11.4 Å². The van der Waals surface area contributed by atoms with Crippen molar-refractivity contribution in [2.45, 2.75) is 38.2 Å². The zero-order valence-electron chi connectivity index (χ0n) is 20.9. The van der Waals surface area contributed by atoms with Gasteiger partial charge in [0, 0.05) is 30.3 Å². The normalized spacial score (nSPS) is 14.9. The van der Waals surface area contributed by atoms with Crippen LogP contribution < -0.4 is 16.4 Å². The van der Waals surface area contributed by atoms with Crippen LogP contribution in [0.4, 0.5) is 16.0 Å². The monoisotopic (exact) mass is 527 g/mol. The van der Waals surface area contributed by atoms with Crippen molar-refractivity contribution in [3.05, 3.63) is 87.7 Å². The number of nitrogens with one attached hydrogen (secondary N) is 1. The number of hydrogen-bond donors (Lipinski definition) is 4. The number of halogens is 1. The van der Waals surface area contributed by atoms with E-state index >= 15 is 4.39 Å². The van der Waals surface area contributed by atoms with Crippen molar-refractivity contribution in [1.82, 2.24) is 19.9 Å². The summed E-state index contributed by atoms with van der Waals surface area (Å²) in [5.74, 6) is -0.610. The van der Waals surface area contributed by atoms with E-state index in [1.165, 1.54) is 11.0 Å². The fourth-order valence-electron chi connectivity index (χ4n) is 5.18. The van der Waals surface area contributed by atoms with Gasteiger partial charge in [-0.15, -0.1) is 0 Å². The molecule has 2 aromatic heterocycles. The van der Waals surface area contributed by atoms with E-state index in [1.54, 1.807) is 30.5 Å². The Bertz CT molecular complexity index is 1630. The fourth-order valence-corrected chi connectivity index (χ4v) is 5.18. The first-order chi connectivity index (χ1) is 18.8. The number of aromatic amines is 1. The minimum absolute atomic E-state index is 0.0218. The second-order valence-corrected chi connectivity index (χ2v) is 9.88. The molecular weight excluding hydrogens is 501 g/mol. The molecule has 0 bridgehead atoms. The summed E-state index contributed by atoms with van der Waals surface area (Å²) < 4.78 is 15.1. The Morgan fingerprint density at radius 3 is 2.72 bits per heavy atom.